The van der Waals surface area contributed by atoms with E-state index < -0.39 is 0 Å². The molecule has 0 amide bonds. The van der Waals surface area contributed by atoms with E-state index in [9.17, 15) is 4.39 Å². The second kappa shape index (κ2) is 6.48. The Kier molecular flexibility index (Phi) is 4.94. The van der Waals surface area contributed by atoms with Gasteiger partial charge in [0, 0.05) is 6.54 Å². The summed E-state index contributed by atoms with van der Waals surface area (Å²) in [6.45, 7) is 5.87. The van der Waals surface area contributed by atoms with E-state index in [-0.39, 0.29) is 5.82 Å². The lowest BCUT2D eigenvalue weighted by Crippen LogP contribution is -2.12. The molecule has 1 rings (SSSR count). The highest BCUT2D eigenvalue weighted by atomic mass is 19.1. The maximum Gasteiger partial charge on any atom is 0.127 e. The van der Waals surface area contributed by atoms with Crippen LogP contribution in [0.1, 0.15) is 11.1 Å². The number of nitrogens with one attached hydrogen (secondary N) is 1. The summed E-state index contributed by atoms with van der Waals surface area (Å²) in [4.78, 5) is 3.93. The van der Waals surface area contributed by atoms with Crippen LogP contribution in [-0.2, 0) is 6.54 Å². The molecule has 0 saturated carbocycles. The normalized spacial score (nSPS) is 11.8. The third kappa shape index (κ3) is 4.10. The lowest BCUT2D eigenvalue weighted by atomic mass is 10.1. The molecule has 1 aromatic rings. The molecule has 90 valence electrons. The minimum Gasteiger partial charge on any atom is -0.390 e. The summed E-state index contributed by atoms with van der Waals surface area (Å²) < 4.78 is 13.1. The Labute approximate surface area is 101 Å². The Balaban J connectivity index is 2.68. The van der Waals surface area contributed by atoms with Crippen molar-refractivity contribution in [3.63, 3.8) is 0 Å². The Morgan fingerprint density at radius 3 is 2.94 bits per heavy atom. The average molecular weight is 233 g/mol. The summed E-state index contributed by atoms with van der Waals surface area (Å²) in [5.41, 5.74) is 6.82. The van der Waals surface area contributed by atoms with Crippen LogP contribution in [0.15, 0.2) is 47.7 Å². The van der Waals surface area contributed by atoms with E-state index in [1.165, 1.54) is 12.4 Å². The molecule has 17 heavy (non-hydrogen) atoms. The van der Waals surface area contributed by atoms with Crippen molar-refractivity contribution in [2.45, 2.75) is 13.5 Å². The lowest BCUT2D eigenvalue weighted by molar-refractivity contribution is 0.617. The summed E-state index contributed by atoms with van der Waals surface area (Å²) in [6.07, 6.45) is 4.53. The Morgan fingerprint density at radius 1 is 1.59 bits per heavy atom. The number of rotatable bonds is 5. The second-order valence-electron chi connectivity index (χ2n) is 3.50. The topological polar surface area (TPSA) is 50.4 Å². The largest absolute Gasteiger partial charge is 0.390 e. The zero-order valence-electron chi connectivity index (χ0n) is 9.78. The quantitative estimate of drug-likeness (QED) is 0.465. The maximum absolute atomic E-state index is 13.1. The van der Waals surface area contributed by atoms with E-state index >= 15 is 0 Å². The molecular weight excluding hydrogens is 217 g/mol. The van der Waals surface area contributed by atoms with Crippen LogP contribution in [0, 0.1) is 12.7 Å². The Bertz CT molecular complexity index is 450. The molecule has 0 unspecified atom stereocenters. The molecule has 0 aliphatic carbocycles. The van der Waals surface area contributed by atoms with Gasteiger partial charge in [-0.3, -0.25) is 0 Å². The number of hydrogen-bond donors (Lipinski definition) is 2. The number of aryl methyl sites for hydroxylation is 1. The zero-order chi connectivity index (χ0) is 12.7. The molecule has 0 spiro atoms. The summed E-state index contributed by atoms with van der Waals surface area (Å²) in [5.74, 6) is 0.417. The van der Waals surface area contributed by atoms with E-state index in [0.717, 1.165) is 5.56 Å². The van der Waals surface area contributed by atoms with Gasteiger partial charge in [0.1, 0.15) is 11.6 Å². The minimum atomic E-state index is -0.199. The molecule has 0 radical (unpaired) electrons. The van der Waals surface area contributed by atoms with Crippen molar-refractivity contribution in [3.8, 4) is 0 Å². The van der Waals surface area contributed by atoms with E-state index in [1.54, 1.807) is 31.2 Å². The van der Waals surface area contributed by atoms with Gasteiger partial charge in [-0.05, 0) is 30.2 Å². The van der Waals surface area contributed by atoms with Crippen LogP contribution in [0.2, 0.25) is 0 Å². The first-order valence-electron chi connectivity index (χ1n) is 5.23. The first-order valence-corrected chi connectivity index (χ1v) is 5.23. The van der Waals surface area contributed by atoms with Gasteiger partial charge in [0.2, 0.25) is 0 Å². The highest BCUT2D eigenvalue weighted by molar-refractivity contribution is 5.53. The fourth-order valence-corrected chi connectivity index (χ4v) is 1.35. The number of aliphatic imine (C=N–C) groups is 1. The Hall–Kier alpha value is -2.10. The van der Waals surface area contributed by atoms with Crippen molar-refractivity contribution in [2.75, 3.05) is 0 Å². The number of halogens is 1. The predicted molar refractivity (Wildman–Crippen MR) is 68.9 cm³/mol. The van der Waals surface area contributed by atoms with Crippen LogP contribution in [0.3, 0.4) is 0 Å². The Morgan fingerprint density at radius 2 is 2.35 bits per heavy atom. The molecule has 3 nitrogen and oxygen atoms in total. The fraction of sp³-hybridized carbons (Fsp3) is 0.154. The first-order chi connectivity index (χ1) is 8.17. The number of benzene rings is 1. The highest BCUT2D eigenvalue weighted by Gasteiger charge is 1.99. The molecule has 0 atom stereocenters. The van der Waals surface area contributed by atoms with Crippen molar-refractivity contribution < 1.29 is 4.39 Å². The molecule has 0 bridgehead atoms. The minimum absolute atomic E-state index is 0.199. The molecule has 0 aromatic heterocycles. The van der Waals surface area contributed by atoms with Gasteiger partial charge >= 0.3 is 0 Å². The number of nitrogens with two attached hydrogens (primary N) is 1. The van der Waals surface area contributed by atoms with E-state index in [2.05, 4.69) is 16.9 Å². The highest BCUT2D eigenvalue weighted by Crippen LogP contribution is 2.09. The van der Waals surface area contributed by atoms with Crippen LogP contribution in [-0.4, -0.2) is 6.34 Å². The van der Waals surface area contributed by atoms with Crippen molar-refractivity contribution in [3.05, 3.63) is 59.7 Å². The van der Waals surface area contributed by atoms with Crippen LogP contribution in [0.5, 0.6) is 0 Å². The van der Waals surface area contributed by atoms with Crippen molar-refractivity contribution in [1.82, 2.24) is 5.32 Å². The van der Waals surface area contributed by atoms with Crippen molar-refractivity contribution >= 4 is 6.34 Å². The van der Waals surface area contributed by atoms with Crippen LogP contribution in [0.25, 0.3) is 0 Å². The molecule has 1 aromatic carbocycles. The third-order valence-electron chi connectivity index (χ3n) is 2.19. The van der Waals surface area contributed by atoms with Crippen LogP contribution >= 0.6 is 0 Å². The summed E-state index contributed by atoms with van der Waals surface area (Å²) in [6, 6.07) is 4.97. The molecule has 0 aliphatic heterocycles. The standard InChI is InChI=1S/C13H16FN3/c1-3-4-13(17-9-15)16-8-11-5-6-12(14)10(2)7-11/h3-7,9,16H,1,8H2,2H3,(H2,15,17)/b13-4-. The van der Waals surface area contributed by atoms with E-state index in [4.69, 9.17) is 5.73 Å². The van der Waals surface area contributed by atoms with Gasteiger partial charge in [-0.15, -0.1) is 0 Å². The van der Waals surface area contributed by atoms with Crippen molar-refractivity contribution in [1.29, 1.82) is 0 Å². The smallest absolute Gasteiger partial charge is 0.127 e. The molecule has 4 heteroatoms. The fourth-order valence-electron chi connectivity index (χ4n) is 1.35. The molecule has 3 N–H and O–H groups in total. The molecule has 0 saturated heterocycles. The van der Waals surface area contributed by atoms with E-state index in [1.807, 2.05) is 0 Å². The zero-order valence-corrected chi connectivity index (χ0v) is 9.78. The van der Waals surface area contributed by atoms with Gasteiger partial charge in [-0.25, -0.2) is 9.38 Å². The van der Waals surface area contributed by atoms with Gasteiger partial charge in [0.15, 0.2) is 0 Å². The monoisotopic (exact) mass is 233 g/mol. The number of nitrogens with zero attached hydrogens (tertiary/aromatic N) is 1. The van der Waals surface area contributed by atoms with Gasteiger partial charge in [-0.1, -0.05) is 24.8 Å². The second-order valence-corrected chi connectivity index (χ2v) is 3.50. The van der Waals surface area contributed by atoms with Crippen LogP contribution in [0.4, 0.5) is 4.39 Å². The summed E-state index contributed by atoms with van der Waals surface area (Å²) >= 11 is 0. The lowest BCUT2D eigenvalue weighted by Gasteiger charge is -2.07. The first kappa shape index (κ1) is 13.0. The maximum atomic E-state index is 13.1. The summed E-state index contributed by atoms with van der Waals surface area (Å²) in [5, 5.41) is 3.07. The van der Waals surface area contributed by atoms with Gasteiger partial charge in [0.05, 0.1) is 6.34 Å². The van der Waals surface area contributed by atoms with Gasteiger partial charge in [0.25, 0.3) is 0 Å². The van der Waals surface area contributed by atoms with Gasteiger partial charge in [-0.2, -0.15) is 0 Å². The molecule has 0 fully saturated rings. The number of hydrogen-bond acceptors (Lipinski definition) is 2. The van der Waals surface area contributed by atoms with Crippen molar-refractivity contribution in [2.24, 2.45) is 10.7 Å². The van der Waals surface area contributed by atoms with Gasteiger partial charge < -0.3 is 11.1 Å². The molecular formula is C13H16FN3. The van der Waals surface area contributed by atoms with Crippen LogP contribution < -0.4 is 11.1 Å². The SMILES string of the molecule is C=C/C=C(\N=C\N)NCc1ccc(F)c(C)c1. The van der Waals surface area contributed by atoms with E-state index in [0.29, 0.717) is 17.9 Å². The molecule has 0 aliphatic rings. The predicted octanol–water partition coefficient (Wildman–Crippen LogP) is 2.24. The summed E-state index contributed by atoms with van der Waals surface area (Å²) in [7, 11) is 0. The molecule has 0 heterocycles. The third-order valence-corrected chi connectivity index (χ3v) is 2.19. The number of allylic oxidation sites excluding steroid dienone is 2. The average Bonchev–Trinajstić information content (AvgIpc) is 2.31.